The van der Waals surface area contributed by atoms with Gasteiger partial charge in [-0.25, -0.2) is 0 Å². The van der Waals surface area contributed by atoms with Crippen molar-refractivity contribution in [3.8, 4) is 11.5 Å². The number of hydrogen-bond acceptors (Lipinski definition) is 6. The van der Waals surface area contributed by atoms with Crippen LogP contribution in [0.3, 0.4) is 0 Å². The highest BCUT2D eigenvalue weighted by atomic mass is 79.9. The summed E-state index contributed by atoms with van der Waals surface area (Å²) >= 11 is 10.2. The average molecular weight is 570 g/mol. The maximum absolute atomic E-state index is 13.1. The second kappa shape index (κ2) is 11.1. The van der Waals surface area contributed by atoms with Crippen LogP contribution in [0, 0.1) is 6.92 Å². The van der Waals surface area contributed by atoms with Crippen molar-refractivity contribution in [2.45, 2.75) is 6.92 Å². The number of thiocarbonyl (C=S) groups is 1. The molecule has 0 unspecified atom stereocenters. The van der Waals surface area contributed by atoms with E-state index in [1.54, 1.807) is 30.3 Å². The Bertz CT molecular complexity index is 1330. The Morgan fingerprint density at radius 1 is 1.14 bits per heavy atom. The first-order valence-electron chi connectivity index (χ1n) is 10.6. The minimum Gasteiger partial charge on any atom is -0.493 e. The number of para-hydroxylation sites is 1. The zero-order chi connectivity index (χ0) is 24.9. The maximum atomic E-state index is 13.1. The topological polar surface area (TPSA) is 67.9 Å². The van der Waals surface area contributed by atoms with Gasteiger partial charge in [0.15, 0.2) is 22.4 Å². The minimum absolute atomic E-state index is 0.182. The van der Waals surface area contributed by atoms with E-state index in [4.69, 9.17) is 21.7 Å². The molecule has 1 fully saturated rings. The van der Waals surface area contributed by atoms with E-state index in [2.05, 4.69) is 21.2 Å². The summed E-state index contributed by atoms with van der Waals surface area (Å²) in [6.45, 7) is 1.77. The number of carbonyl (C=O) groups excluding carboxylic acids is 2. The van der Waals surface area contributed by atoms with Crippen molar-refractivity contribution in [3.05, 3.63) is 87.2 Å². The standard InChI is InChI=1S/C26H21BrN2O4S2/c1-16-7-6-10-19(11-16)29-25(31)22(35-26(29)34)14-17-12-20(27)24(21(13-17)32-2)33-15-23(30)28-18-8-4-3-5-9-18/h3-14H,15H2,1-2H3,(H,28,30)/b22-14-. The zero-order valence-electron chi connectivity index (χ0n) is 18.9. The van der Waals surface area contributed by atoms with Crippen molar-refractivity contribution in [2.75, 3.05) is 23.9 Å². The number of methoxy groups -OCH3 is 1. The smallest absolute Gasteiger partial charge is 0.270 e. The van der Waals surface area contributed by atoms with Gasteiger partial charge in [-0.1, -0.05) is 54.3 Å². The second-order valence-corrected chi connectivity index (χ2v) is 10.1. The number of nitrogens with zero attached hydrogens (tertiary/aromatic N) is 1. The lowest BCUT2D eigenvalue weighted by atomic mass is 10.1. The van der Waals surface area contributed by atoms with Gasteiger partial charge in [0.1, 0.15) is 0 Å². The SMILES string of the molecule is COc1cc(/C=C2\SC(=S)N(c3cccc(C)c3)C2=O)cc(Br)c1OCC(=O)Nc1ccccc1. The summed E-state index contributed by atoms with van der Waals surface area (Å²) in [6.07, 6.45) is 1.76. The fraction of sp³-hybridized carbons (Fsp3) is 0.115. The minimum atomic E-state index is -0.297. The number of rotatable bonds is 7. The first-order valence-corrected chi connectivity index (χ1v) is 12.6. The number of halogens is 1. The van der Waals surface area contributed by atoms with Crippen LogP contribution in [-0.4, -0.2) is 29.9 Å². The van der Waals surface area contributed by atoms with Crippen molar-refractivity contribution in [1.29, 1.82) is 0 Å². The summed E-state index contributed by atoms with van der Waals surface area (Å²) in [7, 11) is 1.51. The molecular formula is C26H21BrN2O4S2. The summed E-state index contributed by atoms with van der Waals surface area (Å²) in [6, 6.07) is 20.3. The Morgan fingerprint density at radius 3 is 2.63 bits per heavy atom. The molecular weight excluding hydrogens is 548 g/mol. The molecule has 2 amide bonds. The van der Waals surface area contributed by atoms with E-state index < -0.39 is 0 Å². The molecule has 1 saturated heterocycles. The molecule has 1 heterocycles. The molecule has 6 nitrogen and oxygen atoms in total. The Labute approximate surface area is 221 Å². The third kappa shape index (κ3) is 5.93. The Hall–Kier alpha value is -3.14. The molecule has 0 saturated carbocycles. The van der Waals surface area contributed by atoms with Gasteiger partial charge < -0.3 is 14.8 Å². The van der Waals surface area contributed by atoms with Crippen molar-refractivity contribution in [1.82, 2.24) is 0 Å². The Kier molecular flexibility index (Phi) is 7.90. The van der Waals surface area contributed by atoms with Gasteiger partial charge in [-0.15, -0.1) is 0 Å². The van der Waals surface area contributed by atoms with Gasteiger partial charge in [-0.2, -0.15) is 0 Å². The second-order valence-electron chi connectivity index (χ2n) is 7.59. The fourth-order valence-electron chi connectivity index (χ4n) is 3.43. The third-order valence-corrected chi connectivity index (χ3v) is 6.90. The summed E-state index contributed by atoms with van der Waals surface area (Å²) in [5.74, 6) is 0.333. The van der Waals surface area contributed by atoms with Crippen LogP contribution in [0.25, 0.3) is 6.08 Å². The predicted molar refractivity (Wildman–Crippen MR) is 148 cm³/mol. The van der Waals surface area contributed by atoms with Gasteiger partial charge in [0.25, 0.3) is 11.8 Å². The number of anilines is 2. The van der Waals surface area contributed by atoms with Crippen molar-refractivity contribution >= 4 is 73.5 Å². The molecule has 1 aliphatic rings. The first kappa shape index (κ1) is 25.0. The van der Waals surface area contributed by atoms with Gasteiger partial charge in [0, 0.05) is 5.69 Å². The van der Waals surface area contributed by atoms with E-state index in [1.165, 1.54) is 23.8 Å². The van der Waals surface area contributed by atoms with Gasteiger partial charge in [0.05, 0.1) is 22.2 Å². The molecule has 1 aliphatic heterocycles. The van der Waals surface area contributed by atoms with Gasteiger partial charge in [-0.05, 0) is 76.5 Å². The molecule has 0 aromatic heterocycles. The number of nitrogens with one attached hydrogen (secondary N) is 1. The van der Waals surface area contributed by atoms with Crippen LogP contribution in [0.4, 0.5) is 11.4 Å². The largest absolute Gasteiger partial charge is 0.493 e. The number of aryl methyl sites for hydroxylation is 1. The molecule has 0 radical (unpaired) electrons. The van der Waals surface area contributed by atoms with E-state index >= 15 is 0 Å². The highest BCUT2D eigenvalue weighted by molar-refractivity contribution is 9.10. The van der Waals surface area contributed by atoms with Gasteiger partial charge >= 0.3 is 0 Å². The van der Waals surface area contributed by atoms with E-state index in [-0.39, 0.29) is 18.4 Å². The van der Waals surface area contributed by atoms with Gasteiger partial charge in [0.2, 0.25) is 0 Å². The highest BCUT2D eigenvalue weighted by Crippen LogP contribution is 2.40. The fourth-order valence-corrected chi connectivity index (χ4v) is 5.30. The quantitative estimate of drug-likeness (QED) is 0.271. The molecule has 3 aromatic rings. The number of ether oxygens (including phenoxy) is 2. The van der Waals surface area contributed by atoms with Crippen LogP contribution in [0.15, 0.2) is 76.1 Å². The molecule has 0 aliphatic carbocycles. The number of thioether (sulfide) groups is 1. The first-order chi connectivity index (χ1) is 16.9. The average Bonchev–Trinajstić information content (AvgIpc) is 3.11. The number of hydrogen-bond donors (Lipinski definition) is 1. The van der Waals surface area contributed by atoms with Crippen LogP contribution in [0.1, 0.15) is 11.1 Å². The van der Waals surface area contributed by atoms with Crippen LogP contribution in [0.2, 0.25) is 0 Å². The Morgan fingerprint density at radius 2 is 1.91 bits per heavy atom. The number of carbonyl (C=O) groups is 2. The van der Waals surface area contributed by atoms with Gasteiger partial charge in [-0.3, -0.25) is 14.5 Å². The molecule has 178 valence electrons. The van der Waals surface area contributed by atoms with E-state index in [1.807, 2.05) is 49.4 Å². The van der Waals surface area contributed by atoms with Crippen LogP contribution in [-0.2, 0) is 9.59 Å². The lowest BCUT2D eigenvalue weighted by Crippen LogP contribution is -2.27. The third-order valence-electron chi connectivity index (χ3n) is 5.01. The summed E-state index contributed by atoms with van der Waals surface area (Å²) in [5.41, 5.74) is 3.19. The molecule has 0 atom stereocenters. The zero-order valence-corrected chi connectivity index (χ0v) is 22.1. The van der Waals surface area contributed by atoms with Crippen LogP contribution >= 0.6 is 39.9 Å². The number of amides is 2. The molecule has 1 N–H and O–H groups in total. The molecule has 9 heteroatoms. The Balaban J connectivity index is 1.51. The maximum Gasteiger partial charge on any atom is 0.270 e. The van der Waals surface area contributed by atoms with E-state index in [0.717, 1.165) is 16.8 Å². The van der Waals surface area contributed by atoms with Crippen LogP contribution in [0.5, 0.6) is 11.5 Å². The lowest BCUT2D eigenvalue weighted by molar-refractivity contribution is -0.118. The lowest BCUT2D eigenvalue weighted by Gasteiger charge is -2.15. The van der Waals surface area contributed by atoms with Crippen molar-refractivity contribution < 1.29 is 19.1 Å². The molecule has 0 bridgehead atoms. The molecule has 35 heavy (non-hydrogen) atoms. The number of benzene rings is 3. The van der Waals surface area contributed by atoms with Crippen LogP contribution < -0.4 is 19.7 Å². The summed E-state index contributed by atoms with van der Waals surface area (Å²) < 4.78 is 12.3. The normalized spacial score (nSPS) is 14.4. The summed E-state index contributed by atoms with van der Waals surface area (Å²) in [4.78, 5) is 27.4. The predicted octanol–water partition coefficient (Wildman–Crippen LogP) is 6.19. The molecule has 0 spiro atoms. The highest BCUT2D eigenvalue weighted by Gasteiger charge is 2.33. The van der Waals surface area contributed by atoms with Crippen molar-refractivity contribution in [3.63, 3.8) is 0 Å². The summed E-state index contributed by atoms with van der Waals surface area (Å²) in [5, 5.41) is 2.77. The molecule has 4 rings (SSSR count). The van der Waals surface area contributed by atoms with E-state index in [9.17, 15) is 9.59 Å². The molecule has 3 aromatic carbocycles. The monoisotopic (exact) mass is 568 g/mol. The van der Waals surface area contributed by atoms with Crippen molar-refractivity contribution in [2.24, 2.45) is 0 Å². The van der Waals surface area contributed by atoms with E-state index in [0.29, 0.717) is 30.9 Å².